The Balaban J connectivity index is 1.35. The number of morpholine rings is 1. The zero-order chi connectivity index (χ0) is 30.5. The molecule has 5 rings (SSSR count). The number of rotatable bonds is 9. The van der Waals surface area contributed by atoms with Crippen LogP contribution in [0.15, 0.2) is 30.5 Å². The van der Waals surface area contributed by atoms with Crippen LogP contribution in [0, 0.1) is 18.6 Å². The Kier molecular flexibility index (Phi) is 9.86. The lowest BCUT2D eigenvalue weighted by atomic mass is 10.1. The van der Waals surface area contributed by atoms with Crippen molar-refractivity contribution in [1.29, 1.82) is 0 Å². The van der Waals surface area contributed by atoms with Crippen LogP contribution in [0.1, 0.15) is 32.8 Å². The van der Waals surface area contributed by atoms with Crippen molar-refractivity contribution >= 4 is 34.8 Å². The van der Waals surface area contributed by atoms with Crippen LogP contribution in [-0.2, 0) is 4.74 Å². The van der Waals surface area contributed by atoms with E-state index < -0.39 is 23.4 Å². The number of carbonyl (C=O) groups is 2. The van der Waals surface area contributed by atoms with E-state index >= 15 is 4.39 Å². The first kappa shape index (κ1) is 30.8. The van der Waals surface area contributed by atoms with Crippen LogP contribution in [0.4, 0.5) is 20.2 Å². The minimum Gasteiger partial charge on any atom is -0.379 e. The molecule has 2 saturated heterocycles. The first-order chi connectivity index (χ1) is 20.7. The Morgan fingerprint density at radius 1 is 1.00 bits per heavy atom. The van der Waals surface area contributed by atoms with Gasteiger partial charge in [-0.2, -0.15) is 0 Å². The standard InChI is InChI=1S/C29H35ClF2N8O3/c1-19-21(31)5-4-20(27(19)30)28(41)34-23-17-25(22(32)16-26(23)39-10-8-37(2)9-11-39)40-18-24(35-36-40)29(42)33-6-3-7-38-12-14-43-15-13-38/h4-5,16-18H,3,6-15H2,1-2H3,(H,33,42)(H,34,41). The third-order valence-electron chi connectivity index (χ3n) is 7.74. The first-order valence-corrected chi connectivity index (χ1v) is 14.6. The molecule has 14 heteroatoms. The van der Waals surface area contributed by atoms with Crippen molar-refractivity contribution in [2.75, 3.05) is 82.8 Å². The SMILES string of the molecule is Cc1c(F)ccc(C(=O)Nc2cc(-n3cc(C(=O)NCCCN4CCOCC4)nn3)c(F)cc2N2CCN(C)CC2)c1Cl. The molecule has 3 heterocycles. The highest BCUT2D eigenvalue weighted by molar-refractivity contribution is 6.35. The van der Waals surface area contributed by atoms with Crippen molar-refractivity contribution in [3.63, 3.8) is 0 Å². The van der Waals surface area contributed by atoms with Crippen molar-refractivity contribution < 1.29 is 23.1 Å². The smallest absolute Gasteiger partial charge is 0.273 e. The molecule has 0 radical (unpaired) electrons. The summed E-state index contributed by atoms with van der Waals surface area (Å²) in [5.74, 6) is -2.12. The lowest BCUT2D eigenvalue weighted by Gasteiger charge is -2.35. The zero-order valence-corrected chi connectivity index (χ0v) is 25.0. The summed E-state index contributed by atoms with van der Waals surface area (Å²) in [5, 5.41) is 13.6. The van der Waals surface area contributed by atoms with Crippen molar-refractivity contribution in [2.24, 2.45) is 0 Å². The number of benzene rings is 2. The Labute approximate surface area is 253 Å². The molecular weight excluding hydrogens is 582 g/mol. The topological polar surface area (TPSA) is 108 Å². The number of amides is 2. The van der Waals surface area contributed by atoms with Crippen LogP contribution in [0.3, 0.4) is 0 Å². The van der Waals surface area contributed by atoms with Gasteiger partial charge < -0.3 is 25.2 Å². The Morgan fingerprint density at radius 2 is 1.74 bits per heavy atom. The molecule has 1 aromatic heterocycles. The first-order valence-electron chi connectivity index (χ1n) is 14.2. The molecular formula is C29H35ClF2N8O3. The molecule has 0 spiro atoms. The average molecular weight is 617 g/mol. The second-order valence-corrected chi connectivity index (χ2v) is 11.1. The van der Waals surface area contributed by atoms with Gasteiger partial charge in [-0.3, -0.25) is 14.5 Å². The molecule has 2 fully saturated rings. The van der Waals surface area contributed by atoms with Gasteiger partial charge in [-0.1, -0.05) is 16.8 Å². The zero-order valence-electron chi connectivity index (χ0n) is 24.2. The van der Waals surface area contributed by atoms with E-state index in [4.69, 9.17) is 16.3 Å². The number of hydrogen-bond acceptors (Lipinski definition) is 8. The quantitative estimate of drug-likeness (QED) is 0.354. The normalized spacial score (nSPS) is 16.3. The average Bonchev–Trinajstić information content (AvgIpc) is 3.50. The molecule has 2 aliphatic rings. The van der Waals surface area contributed by atoms with E-state index in [2.05, 4.69) is 30.7 Å². The largest absolute Gasteiger partial charge is 0.379 e. The van der Waals surface area contributed by atoms with Crippen LogP contribution in [0.2, 0.25) is 5.02 Å². The van der Waals surface area contributed by atoms with E-state index in [1.807, 2.05) is 11.9 Å². The van der Waals surface area contributed by atoms with Gasteiger partial charge in [-0.05, 0) is 45.1 Å². The van der Waals surface area contributed by atoms with Crippen molar-refractivity contribution in [1.82, 2.24) is 30.1 Å². The van der Waals surface area contributed by atoms with Crippen LogP contribution >= 0.6 is 11.6 Å². The fourth-order valence-corrected chi connectivity index (χ4v) is 5.31. The molecule has 0 aliphatic carbocycles. The van der Waals surface area contributed by atoms with Gasteiger partial charge in [-0.25, -0.2) is 13.5 Å². The van der Waals surface area contributed by atoms with Crippen LogP contribution in [0.5, 0.6) is 0 Å². The van der Waals surface area contributed by atoms with Gasteiger partial charge in [0.05, 0.1) is 41.4 Å². The molecule has 0 unspecified atom stereocenters. The molecule has 2 aliphatic heterocycles. The molecule has 0 saturated carbocycles. The van der Waals surface area contributed by atoms with E-state index in [0.717, 1.165) is 43.8 Å². The summed E-state index contributed by atoms with van der Waals surface area (Å²) in [6.07, 6.45) is 2.11. The molecule has 11 nitrogen and oxygen atoms in total. The lowest BCUT2D eigenvalue weighted by Crippen LogP contribution is -2.44. The van der Waals surface area contributed by atoms with E-state index in [1.165, 1.54) is 37.4 Å². The van der Waals surface area contributed by atoms with Crippen LogP contribution in [0.25, 0.3) is 5.69 Å². The van der Waals surface area contributed by atoms with Gasteiger partial charge in [0.1, 0.15) is 11.5 Å². The molecule has 2 amide bonds. The summed E-state index contributed by atoms with van der Waals surface area (Å²) in [5.41, 5.74) is 1.07. The number of anilines is 2. The van der Waals surface area contributed by atoms with E-state index in [9.17, 15) is 14.0 Å². The van der Waals surface area contributed by atoms with Crippen molar-refractivity contribution in [2.45, 2.75) is 13.3 Å². The summed E-state index contributed by atoms with van der Waals surface area (Å²) >= 11 is 6.29. The highest BCUT2D eigenvalue weighted by Gasteiger charge is 2.24. The highest BCUT2D eigenvalue weighted by atomic mass is 35.5. The summed E-state index contributed by atoms with van der Waals surface area (Å²) in [7, 11) is 2.01. The fourth-order valence-electron chi connectivity index (χ4n) is 5.07. The van der Waals surface area contributed by atoms with E-state index in [-0.39, 0.29) is 27.5 Å². The molecule has 0 atom stereocenters. The summed E-state index contributed by atoms with van der Waals surface area (Å²) in [6.45, 7) is 8.73. The van der Waals surface area contributed by atoms with E-state index in [0.29, 0.717) is 44.2 Å². The van der Waals surface area contributed by atoms with Gasteiger partial charge in [0, 0.05) is 57.4 Å². The molecule has 0 bridgehead atoms. The number of piperazine rings is 1. The lowest BCUT2D eigenvalue weighted by molar-refractivity contribution is 0.0374. The number of ether oxygens (including phenoxy) is 1. The predicted octanol–water partition coefficient (Wildman–Crippen LogP) is 2.96. The van der Waals surface area contributed by atoms with Gasteiger partial charge in [0.2, 0.25) is 0 Å². The number of carbonyl (C=O) groups excluding carboxylic acids is 2. The Morgan fingerprint density at radius 3 is 2.49 bits per heavy atom. The van der Waals surface area contributed by atoms with Crippen molar-refractivity contribution in [3.8, 4) is 5.69 Å². The number of halogens is 3. The predicted molar refractivity (Wildman–Crippen MR) is 159 cm³/mol. The second-order valence-electron chi connectivity index (χ2n) is 10.7. The van der Waals surface area contributed by atoms with Crippen LogP contribution < -0.4 is 15.5 Å². The number of nitrogens with one attached hydrogen (secondary N) is 2. The number of aromatic nitrogens is 3. The van der Waals surface area contributed by atoms with Gasteiger partial charge in [0.25, 0.3) is 11.8 Å². The van der Waals surface area contributed by atoms with Crippen molar-refractivity contribution in [3.05, 3.63) is 63.9 Å². The Hall–Kier alpha value is -3.65. The maximum atomic E-state index is 15.6. The number of likely N-dealkylation sites (N-methyl/N-ethyl adjacent to an activating group) is 1. The van der Waals surface area contributed by atoms with Crippen LogP contribution in [-0.4, -0.2) is 109 Å². The maximum Gasteiger partial charge on any atom is 0.273 e. The molecule has 230 valence electrons. The minimum atomic E-state index is -0.607. The monoisotopic (exact) mass is 616 g/mol. The third-order valence-corrected chi connectivity index (χ3v) is 8.22. The summed E-state index contributed by atoms with van der Waals surface area (Å²) in [6, 6.07) is 5.27. The van der Waals surface area contributed by atoms with Gasteiger partial charge in [-0.15, -0.1) is 5.10 Å². The van der Waals surface area contributed by atoms with Gasteiger partial charge in [0.15, 0.2) is 11.5 Å². The molecule has 43 heavy (non-hydrogen) atoms. The summed E-state index contributed by atoms with van der Waals surface area (Å²) in [4.78, 5) is 32.4. The Bertz CT molecular complexity index is 1470. The minimum absolute atomic E-state index is 0.00198. The number of nitrogens with zero attached hydrogens (tertiary/aromatic N) is 6. The maximum absolute atomic E-state index is 15.6. The highest BCUT2D eigenvalue weighted by Crippen LogP contribution is 2.33. The second kappa shape index (κ2) is 13.8. The number of hydrogen-bond donors (Lipinski definition) is 2. The molecule has 2 aromatic carbocycles. The molecule has 2 N–H and O–H groups in total. The fraction of sp³-hybridized carbons (Fsp3) is 0.448. The van der Waals surface area contributed by atoms with Gasteiger partial charge >= 0.3 is 0 Å². The van der Waals surface area contributed by atoms with E-state index in [1.54, 1.807) is 0 Å². The molecule has 3 aromatic rings. The third kappa shape index (κ3) is 7.29. The summed E-state index contributed by atoms with van der Waals surface area (Å²) < 4.78 is 36.1.